The number of Topliss-reactive ketones (excluding diaryl/α,β-unsaturated/α-hetero) is 2. The van der Waals surface area contributed by atoms with Crippen LogP contribution >= 0.6 is 0 Å². The molecule has 0 unspecified atom stereocenters. The quantitative estimate of drug-likeness (QED) is 0.340. The largest absolute Gasteiger partial charge is 0.458 e. The van der Waals surface area contributed by atoms with Crippen molar-refractivity contribution in [3.63, 3.8) is 0 Å². The van der Waals surface area contributed by atoms with Gasteiger partial charge in [-0.1, -0.05) is 38.1 Å². The third-order valence-corrected chi connectivity index (χ3v) is 12.5. The number of ether oxygens (including phenoxy) is 1. The van der Waals surface area contributed by atoms with E-state index in [-0.39, 0.29) is 45.7 Å². The third kappa shape index (κ3) is 3.79. The van der Waals surface area contributed by atoms with Gasteiger partial charge in [0.15, 0.2) is 11.6 Å². The third-order valence-electron chi connectivity index (χ3n) is 12.5. The van der Waals surface area contributed by atoms with Gasteiger partial charge >= 0.3 is 5.97 Å². The molecule has 4 fully saturated rings. The molecule has 0 saturated heterocycles. The second-order valence-corrected chi connectivity index (χ2v) is 14.1. The van der Waals surface area contributed by atoms with Crippen molar-refractivity contribution < 1.29 is 28.7 Å². The molecule has 6 nitrogen and oxygen atoms in total. The predicted octanol–water partition coefficient (Wildman–Crippen LogP) is 6.41. The highest BCUT2D eigenvalue weighted by atomic mass is 16.5. The summed E-state index contributed by atoms with van der Waals surface area (Å²) in [7, 11) is 0. The van der Waals surface area contributed by atoms with E-state index >= 15 is 0 Å². The lowest BCUT2D eigenvalue weighted by Gasteiger charge is -2.61. The molecule has 4 saturated carbocycles. The molecule has 0 spiro atoms. The Bertz CT molecular complexity index is 1550. The van der Waals surface area contributed by atoms with E-state index in [0.717, 1.165) is 32.1 Å². The van der Waals surface area contributed by atoms with Crippen LogP contribution in [-0.2, 0) is 14.3 Å². The molecule has 8 atom stereocenters. The second-order valence-electron chi connectivity index (χ2n) is 14.1. The van der Waals surface area contributed by atoms with E-state index in [9.17, 15) is 24.0 Å². The van der Waals surface area contributed by atoms with Crippen molar-refractivity contribution in [2.75, 3.05) is 0 Å². The van der Waals surface area contributed by atoms with Gasteiger partial charge in [0.25, 0.3) is 0 Å². The first kappa shape index (κ1) is 27.4. The molecule has 0 heterocycles. The fourth-order valence-corrected chi connectivity index (χ4v) is 10.2. The monoisotopic (exact) mass is 566 g/mol. The highest BCUT2D eigenvalue weighted by Crippen LogP contribution is 2.67. The van der Waals surface area contributed by atoms with Gasteiger partial charge in [0.2, 0.25) is 0 Å². The van der Waals surface area contributed by atoms with Gasteiger partial charge < -0.3 is 4.74 Å². The summed E-state index contributed by atoms with van der Waals surface area (Å²) in [6.45, 7) is 6.18. The van der Waals surface area contributed by atoms with Gasteiger partial charge in [-0.25, -0.2) is 4.79 Å². The number of benzene rings is 2. The molecule has 0 aromatic heterocycles. The summed E-state index contributed by atoms with van der Waals surface area (Å²) in [4.78, 5) is 65.7. The lowest BCUT2D eigenvalue weighted by molar-refractivity contribution is -0.171. The SMILES string of the molecule is CC(=O)[C@H]1CC[C@H]2[C@@H]3CC[C@H]4CC(=O)CC[C@]4(C)[C@H]3C[C@H](OC(=O)c3ccc4c(c3)C(=O)c3ccccc3C4=O)[C@]12C. The van der Waals surface area contributed by atoms with Gasteiger partial charge in [0, 0.05) is 46.4 Å². The first-order valence-corrected chi connectivity index (χ1v) is 15.6. The van der Waals surface area contributed by atoms with E-state index in [2.05, 4.69) is 13.8 Å². The maximum Gasteiger partial charge on any atom is 0.338 e. The van der Waals surface area contributed by atoms with Crippen LogP contribution in [0.5, 0.6) is 0 Å². The van der Waals surface area contributed by atoms with Crippen molar-refractivity contribution >= 4 is 29.1 Å². The molecule has 0 radical (unpaired) electrons. The molecule has 2 aromatic carbocycles. The van der Waals surface area contributed by atoms with E-state index in [0.29, 0.717) is 59.5 Å². The Morgan fingerprint density at radius 2 is 1.52 bits per heavy atom. The number of carbonyl (C=O) groups excluding carboxylic acids is 5. The van der Waals surface area contributed by atoms with Gasteiger partial charge in [-0.3, -0.25) is 19.2 Å². The summed E-state index contributed by atoms with van der Waals surface area (Å²) in [5, 5.41) is 0. The van der Waals surface area contributed by atoms with Crippen LogP contribution in [0.15, 0.2) is 42.5 Å². The minimum absolute atomic E-state index is 0.0170. The first-order chi connectivity index (χ1) is 20.0. The number of hydrogen-bond donors (Lipinski definition) is 0. The van der Waals surface area contributed by atoms with E-state index < -0.39 is 17.5 Å². The van der Waals surface area contributed by atoms with Crippen LogP contribution < -0.4 is 0 Å². The van der Waals surface area contributed by atoms with Crippen molar-refractivity contribution in [1.29, 1.82) is 0 Å². The number of carbonyl (C=O) groups is 5. The molecule has 5 aliphatic rings. The Hall–Kier alpha value is -3.41. The van der Waals surface area contributed by atoms with Crippen molar-refractivity contribution in [2.24, 2.45) is 40.4 Å². The maximum absolute atomic E-state index is 13.9. The lowest BCUT2D eigenvalue weighted by atomic mass is 9.44. The molecule has 0 bridgehead atoms. The van der Waals surface area contributed by atoms with Gasteiger partial charge in [0.05, 0.1) is 5.56 Å². The van der Waals surface area contributed by atoms with Crippen LogP contribution in [0.4, 0.5) is 0 Å². The summed E-state index contributed by atoms with van der Waals surface area (Å²) < 4.78 is 6.44. The smallest absolute Gasteiger partial charge is 0.338 e. The average molecular weight is 567 g/mol. The zero-order valence-corrected chi connectivity index (χ0v) is 24.6. The molecule has 0 amide bonds. The van der Waals surface area contributed by atoms with Crippen LogP contribution in [-0.4, -0.2) is 35.2 Å². The molecular weight excluding hydrogens is 528 g/mol. The predicted molar refractivity (Wildman–Crippen MR) is 155 cm³/mol. The Morgan fingerprint density at radius 3 is 2.24 bits per heavy atom. The van der Waals surface area contributed by atoms with Crippen molar-refractivity contribution in [3.05, 3.63) is 70.3 Å². The first-order valence-electron chi connectivity index (χ1n) is 15.6. The Labute approximate surface area is 246 Å². The molecule has 0 aliphatic heterocycles. The fourth-order valence-electron chi connectivity index (χ4n) is 10.2. The number of rotatable bonds is 3. The highest BCUT2D eigenvalue weighted by Gasteiger charge is 2.65. The lowest BCUT2D eigenvalue weighted by Crippen LogP contribution is -2.59. The normalized spacial score (nSPS) is 36.7. The van der Waals surface area contributed by atoms with Gasteiger partial charge in [-0.05, 0) is 92.7 Å². The van der Waals surface area contributed by atoms with Crippen LogP contribution in [0, 0.1) is 40.4 Å². The van der Waals surface area contributed by atoms with E-state index in [4.69, 9.17) is 4.74 Å². The summed E-state index contributed by atoms with van der Waals surface area (Å²) in [5.74, 6) is 0.735. The van der Waals surface area contributed by atoms with E-state index in [1.54, 1.807) is 43.3 Å². The van der Waals surface area contributed by atoms with Crippen molar-refractivity contribution in [3.8, 4) is 0 Å². The number of esters is 1. The van der Waals surface area contributed by atoms with Crippen molar-refractivity contribution in [2.45, 2.75) is 78.2 Å². The summed E-state index contributed by atoms with van der Waals surface area (Å²) in [6.07, 6.45) is 6.24. The Balaban J connectivity index is 1.23. The summed E-state index contributed by atoms with van der Waals surface area (Å²) in [6, 6.07) is 11.4. The van der Waals surface area contributed by atoms with E-state index in [1.807, 2.05) is 0 Å². The zero-order chi connectivity index (χ0) is 29.6. The highest BCUT2D eigenvalue weighted by molar-refractivity contribution is 6.28. The molecule has 42 heavy (non-hydrogen) atoms. The van der Waals surface area contributed by atoms with E-state index in [1.165, 1.54) is 6.07 Å². The average Bonchev–Trinajstić information content (AvgIpc) is 3.35. The van der Waals surface area contributed by atoms with Gasteiger partial charge in [-0.2, -0.15) is 0 Å². The standard InChI is InChI=1S/C36H38O6/c1-19(37)28-12-13-29-26-11-9-21-17-22(38)14-15-35(21,2)30(26)18-31(36(28,29)3)42-34(41)20-8-10-25-27(16-20)33(40)24-7-5-4-6-23(24)32(25)39/h4-8,10,16,21,26,28-31H,9,11-15,17-18H2,1-3H3/t21-,26-,28+,29-,30-,31-,35-,36+/m0/s1. The van der Waals surface area contributed by atoms with Gasteiger partial charge in [-0.15, -0.1) is 0 Å². The van der Waals surface area contributed by atoms with Crippen LogP contribution in [0.2, 0.25) is 0 Å². The molecule has 2 aromatic rings. The second kappa shape index (κ2) is 9.55. The maximum atomic E-state index is 13.9. The van der Waals surface area contributed by atoms with Crippen LogP contribution in [0.25, 0.3) is 0 Å². The molecule has 0 N–H and O–H groups in total. The molecule has 5 aliphatic carbocycles. The molecule has 218 valence electrons. The number of hydrogen-bond acceptors (Lipinski definition) is 6. The topological polar surface area (TPSA) is 94.6 Å². The summed E-state index contributed by atoms with van der Waals surface area (Å²) in [5.41, 5.74) is 1.03. The minimum Gasteiger partial charge on any atom is -0.458 e. The van der Waals surface area contributed by atoms with Crippen molar-refractivity contribution in [1.82, 2.24) is 0 Å². The number of fused-ring (bicyclic) bond motifs is 7. The van der Waals surface area contributed by atoms with Crippen LogP contribution in [0.1, 0.15) is 114 Å². The number of ketones is 4. The Kier molecular flexibility index (Phi) is 6.24. The van der Waals surface area contributed by atoms with Gasteiger partial charge in [0.1, 0.15) is 17.7 Å². The molecule has 7 rings (SSSR count). The molecule has 6 heteroatoms. The minimum atomic E-state index is -0.522. The Morgan fingerprint density at radius 1 is 0.833 bits per heavy atom. The summed E-state index contributed by atoms with van der Waals surface area (Å²) >= 11 is 0. The fraction of sp³-hybridized carbons (Fsp3) is 0.528. The molecular formula is C36H38O6. The van der Waals surface area contributed by atoms with Crippen LogP contribution in [0.3, 0.4) is 0 Å². The zero-order valence-electron chi connectivity index (χ0n) is 24.6.